The van der Waals surface area contributed by atoms with Crippen LogP contribution in [0.25, 0.3) is 0 Å². The standard InChI is InChI=1S/C19H39N5O2.HI/c1-16(2)7-8-17(3)22-19(21-15-18(25)23(4)5)20-9-6-10-24-11-13-26-14-12-24;/h16-17H,6-15H2,1-5H3,(H2,20,21,22);1H. The highest BCUT2D eigenvalue weighted by molar-refractivity contribution is 14.0. The van der Waals surface area contributed by atoms with Crippen molar-refractivity contribution < 1.29 is 9.53 Å². The molecular weight excluding hydrogens is 457 g/mol. The molecular formula is C19H40IN5O2. The van der Waals surface area contributed by atoms with Crippen LogP contribution in [0.15, 0.2) is 4.99 Å². The van der Waals surface area contributed by atoms with E-state index in [2.05, 4.69) is 41.3 Å². The molecule has 0 aromatic carbocycles. The Labute approximate surface area is 182 Å². The molecule has 0 bridgehead atoms. The number of ether oxygens (including phenoxy) is 1. The number of carbonyl (C=O) groups is 1. The largest absolute Gasteiger partial charge is 0.379 e. The van der Waals surface area contributed by atoms with Gasteiger partial charge in [0.05, 0.1) is 13.2 Å². The molecule has 0 saturated carbocycles. The predicted molar refractivity (Wildman–Crippen MR) is 123 cm³/mol. The third kappa shape index (κ3) is 13.2. The van der Waals surface area contributed by atoms with Gasteiger partial charge in [0.1, 0.15) is 6.54 Å². The Hall–Kier alpha value is -0.610. The first-order valence-corrected chi connectivity index (χ1v) is 9.93. The summed E-state index contributed by atoms with van der Waals surface area (Å²) >= 11 is 0. The molecule has 27 heavy (non-hydrogen) atoms. The molecule has 8 heteroatoms. The van der Waals surface area contributed by atoms with E-state index in [1.807, 2.05) is 0 Å². The molecule has 1 amide bonds. The van der Waals surface area contributed by atoms with E-state index in [0.29, 0.717) is 12.0 Å². The van der Waals surface area contributed by atoms with Crippen molar-refractivity contribution in [1.29, 1.82) is 0 Å². The van der Waals surface area contributed by atoms with Crippen molar-refractivity contribution in [2.75, 3.05) is 60.0 Å². The highest BCUT2D eigenvalue weighted by Gasteiger charge is 2.11. The van der Waals surface area contributed by atoms with Crippen LogP contribution in [0.2, 0.25) is 0 Å². The van der Waals surface area contributed by atoms with Crippen molar-refractivity contribution in [3.8, 4) is 0 Å². The zero-order valence-electron chi connectivity index (χ0n) is 17.8. The Morgan fingerprint density at radius 3 is 2.44 bits per heavy atom. The molecule has 0 aromatic rings. The fourth-order valence-corrected chi connectivity index (χ4v) is 2.66. The zero-order chi connectivity index (χ0) is 19.4. The van der Waals surface area contributed by atoms with Gasteiger partial charge in [0, 0.05) is 39.8 Å². The summed E-state index contributed by atoms with van der Waals surface area (Å²) in [6.07, 6.45) is 3.31. The fraction of sp³-hybridized carbons (Fsp3) is 0.895. The van der Waals surface area contributed by atoms with Crippen LogP contribution in [0.5, 0.6) is 0 Å². The minimum atomic E-state index is 0. The number of rotatable bonds is 10. The summed E-state index contributed by atoms with van der Waals surface area (Å²) in [6, 6.07) is 0.331. The molecule has 1 saturated heterocycles. The van der Waals surface area contributed by atoms with Crippen molar-refractivity contribution in [3.63, 3.8) is 0 Å². The first-order chi connectivity index (χ1) is 12.4. The molecule has 1 rings (SSSR count). The number of carbonyl (C=O) groups excluding carboxylic acids is 1. The van der Waals surface area contributed by atoms with E-state index in [1.54, 1.807) is 19.0 Å². The van der Waals surface area contributed by atoms with Gasteiger partial charge in [-0.25, -0.2) is 4.99 Å². The minimum Gasteiger partial charge on any atom is -0.379 e. The lowest BCUT2D eigenvalue weighted by atomic mass is 10.0. The Morgan fingerprint density at radius 1 is 1.19 bits per heavy atom. The molecule has 160 valence electrons. The predicted octanol–water partition coefficient (Wildman–Crippen LogP) is 1.77. The van der Waals surface area contributed by atoms with Crippen molar-refractivity contribution in [2.45, 2.75) is 46.1 Å². The maximum absolute atomic E-state index is 11.8. The molecule has 0 aliphatic carbocycles. The van der Waals surface area contributed by atoms with Crippen LogP contribution in [-0.2, 0) is 9.53 Å². The van der Waals surface area contributed by atoms with Gasteiger partial charge >= 0.3 is 0 Å². The van der Waals surface area contributed by atoms with Crippen LogP contribution in [0, 0.1) is 5.92 Å². The topological polar surface area (TPSA) is 69.2 Å². The van der Waals surface area contributed by atoms with Gasteiger partial charge in [-0.1, -0.05) is 13.8 Å². The fourth-order valence-electron chi connectivity index (χ4n) is 2.66. The second-order valence-corrected chi connectivity index (χ2v) is 7.70. The number of hydrogen-bond donors (Lipinski definition) is 2. The van der Waals surface area contributed by atoms with Crippen LogP contribution in [0.4, 0.5) is 0 Å². The van der Waals surface area contributed by atoms with Crippen molar-refractivity contribution in [1.82, 2.24) is 20.4 Å². The molecule has 1 atom stereocenters. The maximum Gasteiger partial charge on any atom is 0.243 e. The first-order valence-electron chi connectivity index (χ1n) is 9.93. The summed E-state index contributed by atoms with van der Waals surface area (Å²) in [4.78, 5) is 20.3. The summed E-state index contributed by atoms with van der Waals surface area (Å²) in [6.45, 7) is 12.4. The average Bonchev–Trinajstić information content (AvgIpc) is 2.61. The lowest BCUT2D eigenvalue weighted by molar-refractivity contribution is -0.127. The molecule has 1 unspecified atom stereocenters. The minimum absolute atomic E-state index is 0. The number of morpholine rings is 1. The Bertz CT molecular complexity index is 426. The normalized spacial score (nSPS) is 16.6. The average molecular weight is 497 g/mol. The van der Waals surface area contributed by atoms with Crippen LogP contribution < -0.4 is 10.6 Å². The maximum atomic E-state index is 11.8. The molecule has 1 heterocycles. The number of aliphatic imine (C=N–C) groups is 1. The summed E-state index contributed by atoms with van der Waals surface area (Å²) in [7, 11) is 3.51. The summed E-state index contributed by atoms with van der Waals surface area (Å²) in [5, 5.41) is 6.82. The molecule has 1 aliphatic heterocycles. The van der Waals surface area contributed by atoms with Crippen molar-refractivity contribution in [3.05, 3.63) is 0 Å². The van der Waals surface area contributed by atoms with Gasteiger partial charge in [-0.05, 0) is 38.6 Å². The number of likely N-dealkylation sites (N-methyl/N-ethyl adjacent to an activating group) is 1. The third-order valence-electron chi connectivity index (χ3n) is 4.48. The van der Waals surface area contributed by atoms with Gasteiger partial charge in [0.2, 0.25) is 5.91 Å². The lowest BCUT2D eigenvalue weighted by Gasteiger charge is -2.26. The van der Waals surface area contributed by atoms with E-state index in [0.717, 1.165) is 58.2 Å². The third-order valence-corrected chi connectivity index (χ3v) is 4.48. The molecule has 0 radical (unpaired) electrons. The molecule has 0 spiro atoms. The highest BCUT2D eigenvalue weighted by Crippen LogP contribution is 2.06. The Kier molecular flexibility index (Phi) is 15.0. The Morgan fingerprint density at radius 2 is 1.85 bits per heavy atom. The van der Waals surface area contributed by atoms with Crippen LogP contribution >= 0.6 is 24.0 Å². The van der Waals surface area contributed by atoms with E-state index in [-0.39, 0.29) is 36.4 Å². The molecule has 1 aliphatic rings. The quantitative estimate of drug-likeness (QED) is 0.209. The van der Waals surface area contributed by atoms with Gasteiger partial charge in [-0.15, -0.1) is 24.0 Å². The summed E-state index contributed by atoms with van der Waals surface area (Å²) < 4.78 is 5.38. The van der Waals surface area contributed by atoms with E-state index in [9.17, 15) is 4.79 Å². The summed E-state index contributed by atoms with van der Waals surface area (Å²) in [5.74, 6) is 1.43. The van der Waals surface area contributed by atoms with Crippen molar-refractivity contribution >= 4 is 35.8 Å². The SMILES string of the molecule is CC(C)CCC(C)NC(=NCC(=O)N(C)C)NCCCN1CCOCC1.I. The second-order valence-electron chi connectivity index (χ2n) is 7.70. The van der Waals surface area contributed by atoms with Crippen LogP contribution in [-0.4, -0.2) is 87.7 Å². The van der Waals surface area contributed by atoms with Crippen LogP contribution in [0.1, 0.15) is 40.0 Å². The number of halogens is 1. The first kappa shape index (κ1) is 26.4. The van der Waals surface area contributed by atoms with E-state index in [4.69, 9.17) is 4.74 Å². The number of nitrogens with one attached hydrogen (secondary N) is 2. The van der Waals surface area contributed by atoms with Gasteiger partial charge in [-0.3, -0.25) is 9.69 Å². The highest BCUT2D eigenvalue weighted by atomic mass is 127. The molecule has 0 aromatic heterocycles. The van der Waals surface area contributed by atoms with E-state index in [1.165, 1.54) is 6.42 Å². The van der Waals surface area contributed by atoms with Gasteiger partial charge in [0.25, 0.3) is 0 Å². The zero-order valence-corrected chi connectivity index (χ0v) is 20.1. The molecule has 7 nitrogen and oxygen atoms in total. The molecule has 2 N–H and O–H groups in total. The smallest absolute Gasteiger partial charge is 0.243 e. The van der Waals surface area contributed by atoms with E-state index < -0.39 is 0 Å². The van der Waals surface area contributed by atoms with Gasteiger partial charge in [0.15, 0.2) is 5.96 Å². The van der Waals surface area contributed by atoms with Crippen molar-refractivity contribution in [2.24, 2.45) is 10.9 Å². The second kappa shape index (κ2) is 15.3. The number of guanidine groups is 1. The van der Waals surface area contributed by atoms with Gasteiger partial charge in [-0.2, -0.15) is 0 Å². The number of hydrogen-bond acceptors (Lipinski definition) is 4. The number of amides is 1. The Balaban J connectivity index is 0.00000676. The van der Waals surface area contributed by atoms with E-state index >= 15 is 0 Å². The lowest BCUT2D eigenvalue weighted by Crippen LogP contribution is -2.44. The molecule has 1 fully saturated rings. The monoisotopic (exact) mass is 497 g/mol. The van der Waals surface area contributed by atoms with Crippen LogP contribution in [0.3, 0.4) is 0 Å². The summed E-state index contributed by atoms with van der Waals surface area (Å²) in [5.41, 5.74) is 0. The van der Waals surface area contributed by atoms with Gasteiger partial charge < -0.3 is 20.3 Å². The number of nitrogens with zero attached hydrogens (tertiary/aromatic N) is 3.